The molecule has 1 fully saturated rings. The number of carbonyl (C=O) groups excluding carboxylic acids is 3. The number of carbonyl (C=O) groups is 3. The van der Waals surface area contributed by atoms with E-state index in [0.717, 1.165) is 0 Å². The lowest BCUT2D eigenvalue weighted by Crippen LogP contribution is -2.46. The SMILES string of the molecule is CC(=O)CC[C@@H](NC(=O)[C@H]1CCOC1)C(N)=O. The maximum Gasteiger partial charge on any atom is 0.240 e. The van der Waals surface area contributed by atoms with E-state index in [1.807, 2.05) is 0 Å². The molecule has 0 aliphatic carbocycles. The fourth-order valence-electron chi connectivity index (χ4n) is 1.66. The first-order chi connectivity index (χ1) is 8.00. The standard InChI is InChI=1S/C11H18N2O4/c1-7(14)2-3-9(10(12)15)13-11(16)8-4-5-17-6-8/h8-9H,2-6H2,1H3,(H2,12,15)(H,13,16)/t8-,9+/m0/s1. The molecule has 3 N–H and O–H groups in total. The number of hydrogen-bond acceptors (Lipinski definition) is 4. The Morgan fingerprint density at radius 2 is 2.18 bits per heavy atom. The van der Waals surface area contributed by atoms with Crippen LogP contribution < -0.4 is 11.1 Å². The third-order valence-corrected chi connectivity index (χ3v) is 2.75. The van der Waals surface area contributed by atoms with E-state index >= 15 is 0 Å². The van der Waals surface area contributed by atoms with E-state index < -0.39 is 11.9 Å². The molecule has 1 heterocycles. The van der Waals surface area contributed by atoms with Crippen LogP contribution in [0.4, 0.5) is 0 Å². The summed E-state index contributed by atoms with van der Waals surface area (Å²) in [6.45, 7) is 2.38. The average molecular weight is 242 g/mol. The van der Waals surface area contributed by atoms with E-state index in [-0.39, 0.29) is 30.4 Å². The largest absolute Gasteiger partial charge is 0.381 e. The summed E-state index contributed by atoms with van der Waals surface area (Å²) in [6, 6.07) is -0.771. The van der Waals surface area contributed by atoms with Crippen molar-refractivity contribution in [2.75, 3.05) is 13.2 Å². The van der Waals surface area contributed by atoms with Crippen LogP contribution in [0.1, 0.15) is 26.2 Å². The van der Waals surface area contributed by atoms with Gasteiger partial charge >= 0.3 is 0 Å². The van der Waals surface area contributed by atoms with E-state index in [4.69, 9.17) is 10.5 Å². The molecule has 0 aromatic carbocycles. The molecule has 0 radical (unpaired) electrons. The highest BCUT2D eigenvalue weighted by Gasteiger charge is 2.27. The highest BCUT2D eigenvalue weighted by Crippen LogP contribution is 2.12. The zero-order valence-corrected chi connectivity index (χ0v) is 9.90. The van der Waals surface area contributed by atoms with Crippen LogP contribution in [0, 0.1) is 5.92 Å². The van der Waals surface area contributed by atoms with Gasteiger partial charge in [0, 0.05) is 13.0 Å². The van der Waals surface area contributed by atoms with Crippen LogP contribution >= 0.6 is 0 Å². The minimum atomic E-state index is -0.771. The predicted molar refractivity (Wildman–Crippen MR) is 60.0 cm³/mol. The van der Waals surface area contributed by atoms with Crippen LogP contribution in [0.5, 0.6) is 0 Å². The van der Waals surface area contributed by atoms with Crippen LogP contribution in [0.3, 0.4) is 0 Å². The molecule has 0 aromatic heterocycles. The molecule has 1 rings (SSSR count). The third-order valence-electron chi connectivity index (χ3n) is 2.75. The molecule has 17 heavy (non-hydrogen) atoms. The highest BCUT2D eigenvalue weighted by atomic mass is 16.5. The summed E-state index contributed by atoms with van der Waals surface area (Å²) >= 11 is 0. The number of nitrogens with two attached hydrogens (primary N) is 1. The Bertz CT molecular complexity index is 311. The summed E-state index contributed by atoms with van der Waals surface area (Å²) in [6.07, 6.45) is 1.14. The summed E-state index contributed by atoms with van der Waals surface area (Å²) in [5.41, 5.74) is 5.17. The molecular formula is C11H18N2O4. The van der Waals surface area contributed by atoms with E-state index in [1.54, 1.807) is 0 Å². The van der Waals surface area contributed by atoms with E-state index in [0.29, 0.717) is 19.6 Å². The summed E-state index contributed by atoms with van der Waals surface area (Å²) in [4.78, 5) is 33.7. The predicted octanol–water partition coefficient (Wildman–Crippen LogP) is -0.638. The summed E-state index contributed by atoms with van der Waals surface area (Å²) in [5, 5.41) is 2.57. The molecule has 6 nitrogen and oxygen atoms in total. The molecule has 0 spiro atoms. The van der Waals surface area contributed by atoms with Gasteiger partial charge in [0.1, 0.15) is 11.8 Å². The van der Waals surface area contributed by atoms with Crippen LogP contribution in [-0.2, 0) is 19.1 Å². The third kappa shape index (κ3) is 4.52. The Labute approximate surface area is 99.9 Å². The van der Waals surface area contributed by atoms with Crippen molar-refractivity contribution >= 4 is 17.6 Å². The Morgan fingerprint density at radius 3 is 2.65 bits per heavy atom. The maximum absolute atomic E-state index is 11.7. The van der Waals surface area contributed by atoms with Crippen LogP contribution in [0.2, 0.25) is 0 Å². The van der Waals surface area contributed by atoms with Gasteiger partial charge in [-0.15, -0.1) is 0 Å². The number of ketones is 1. The topological polar surface area (TPSA) is 98.5 Å². The number of primary amides is 1. The minimum absolute atomic E-state index is 0.0327. The fraction of sp³-hybridized carbons (Fsp3) is 0.727. The highest BCUT2D eigenvalue weighted by molar-refractivity contribution is 5.88. The van der Waals surface area contributed by atoms with E-state index in [9.17, 15) is 14.4 Å². The summed E-state index contributed by atoms with van der Waals surface area (Å²) in [7, 11) is 0. The monoisotopic (exact) mass is 242 g/mol. The number of amides is 2. The number of nitrogens with one attached hydrogen (secondary N) is 1. The second-order valence-electron chi connectivity index (χ2n) is 4.26. The van der Waals surface area contributed by atoms with Gasteiger partial charge in [-0.05, 0) is 19.8 Å². The average Bonchev–Trinajstić information content (AvgIpc) is 2.76. The van der Waals surface area contributed by atoms with Gasteiger partial charge in [0.15, 0.2) is 0 Å². The van der Waals surface area contributed by atoms with Crippen LogP contribution in [0.25, 0.3) is 0 Å². The molecule has 0 bridgehead atoms. The Hall–Kier alpha value is -1.43. The van der Waals surface area contributed by atoms with Crippen molar-refractivity contribution in [3.8, 4) is 0 Å². The van der Waals surface area contributed by atoms with Crippen molar-refractivity contribution in [3.63, 3.8) is 0 Å². The molecule has 1 aliphatic heterocycles. The van der Waals surface area contributed by atoms with Gasteiger partial charge in [-0.3, -0.25) is 9.59 Å². The first-order valence-electron chi connectivity index (χ1n) is 5.67. The molecule has 1 saturated heterocycles. The zero-order valence-electron chi connectivity index (χ0n) is 9.90. The summed E-state index contributed by atoms with van der Waals surface area (Å²) in [5.74, 6) is -1.09. The lowest BCUT2D eigenvalue weighted by molar-refractivity contribution is -0.130. The van der Waals surface area contributed by atoms with Crippen molar-refractivity contribution < 1.29 is 19.1 Å². The van der Waals surface area contributed by atoms with Crippen LogP contribution in [-0.4, -0.2) is 36.9 Å². The summed E-state index contributed by atoms with van der Waals surface area (Å²) < 4.78 is 5.09. The van der Waals surface area contributed by atoms with Gasteiger partial charge in [-0.1, -0.05) is 0 Å². The van der Waals surface area contributed by atoms with E-state index in [1.165, 1.54) is 6.92 Å². The molecule has 0 saturated carbocycles. The maximum atomic E-state index is 11.7. The zero-order chi connectivity index (χ0) is 12.8. The smallest absolute Gasteiger partial charge is 0.240 e. The Morgan fingerprint density at radius 1 is 1.47 bits per heavy atom. The number of hydrogen-bond donors (Lipinski definition) is 2. The second-order valence-corrected chi connectivity index (χ2v) is 4.26. The molecule has 0 unspecified atom stereocenters. The van der Waals surface area contributed by atoms with Crippen molar-refractivity contribution in [1.82, 2.24) is 5.32 Å². The first kappa shape index (κ1) is 13.6. The van der Waals surface area contributed by atoms with Gasteiger partial charge in [0.2, 0.25) is 11.8 Å². The second kappa shape index (κ2) is 6.34. The Kier molecular flexibility index (Phi) is 5.09. The molecule has 2 amide bonds. The molecule has 6 heteroatoms. The van der Waals surface area contributed by atoms with Gasteiger partial charge in [0.25, 0.3) is 0 Å². The van der Waals surface area contributed by atoms with Crippen molar-refractivity contribution in [2.24, 2.45) is 11.7 Å². The van der Waals surface area contributed by atoms with Crippen LogP contribution in [0.15, 0.2) is 0 Å². The molecule has 0 aromatic rings. The first-order valence-corrected chi connectivity index (χ1v) is 5.67. The quantitative estimate of drug-likeness (QED) is 0.647. The Balaban J connectivity index is 2.44. The van der Waals surface area contributed by atoms with Gasteiger partial charge in [-0.2, -0.15) is 0 Å². The number of Topliss-reactive ketones (excluding diaryl/α,β-unsaturated/α-hetero) is 1. The van der Waals surface area contributed by atoms with Gasteiger partial charge < -0.3 is 20.6 Å². The number of ether oxygens (including phenoxy) is 1. The minimum Gasteiger partial charge on any atom is -0.381 e. The van der Waals surface area contributed by atoms with E-state index in [2.05, 4.69) is 5.32 Å². The number of rotatable bonds is 6. The molecule has 96 valence electrons. The lowest BCUT2D eigenvalue weighted by atomic mass is 10.1. The molecule has 1 aliphatic rings. The fourth-order valence-corrected chi connectivity index (χ4v) is 1.66. The van der Waals surface area contributed by atoms with Crippen molar-refractivity contribution in [2.45, 2.75) is 32.2 Å². The molecular weight excluding hydrogens is 224 g/mol. The molecule has 2 atom stereocenters. The van der Waals surface area contributed by atoms with Gasteiger partial charge in [-0.25, -0.2) is 0 Å². The lowest BCUT2D eigenvalue weighted by Gasteiger charge is -2.16. The van der Waals surface area contributed by atoms with Crippen molar-refractivity contribution in [3.05, 3.63) is 0 Å². The normalized spacial score (nSPS) is 20.9. The van der Waals surface area contributed by atoms with Crippen molar-refractivity contribution in [1.29, 1.82) is 0 Å². The van der Waals surface area contributed by atoms with Gasteiger partial charge in [0.05, 0.1) is 12.5 Å².